The van der Waals surface area contributed by atoms with Gasteiger partial charge in [0.25, 0.3) is 0 Å². The number of hydrogen-bond donors (Lipinski definition) is 2. The van der Waals surface area contributed by atoms with Crippen molar-refractivity contribution in [2.45, 2.75) is 0 Å². The molecule has 0 aliphatic carbocycles. The first-order valence-corrected chi connectivity index (χ1v) is 6.45. The van der Waals surface area contributed by atoms with Crippen LogP contribution in [0.5, 0.6) is 0 Å². The Labute approximate surface area is 115 Å². The molecule has 4 nitrogen and oxygen atoms in total. The van der Waals surface area contributed by atoms with Crippen LogP contribution in [0.2, 0.25) is 0 Å². The van der Waals surface area contributed by atoms with Gasteiger partial charge in [-0.1, -0.05) is 24.3 Å². The molecule has 0 unspecified atom stereocenters. The Hall–Kier alpha value is -2.88. The Balaban J connectivity index is 1.87. The number of nitrogens with zero attached hydrogens (tertiary/aromatic N) is 2. The van der Waals surface area contributed by atoms with E-state index >= 15 is 0 Å². The van der Waals surface area contributed by atoms with E-state index in [1.807, 2.05) is 42.6 Å². The minimum Gasteiger partial charge on any atom is -0.359 e. The highest BCUT2D eigenvalue weighted by Gasteiger charge is 2.06. The number of aromatic amines is 1. The fourth-order valence-electron chi connectivity index (χ4n) is 2.42. The summed E-state index contributed by atoms with van der Waals surface area (Å²) in [5, 5.41) is 5.58. The monoisotopic (exact) mass is 260 g/mol. The van der Waals surface area contributed by atoms with E-state index in [2.05, 4.69) is 32.4 Å². The first kappa shape index (κ1) is 11.0. The maximum atomic E-state index is 4.36. The maximum absolute atomic E-state index is 4.36. The lowest BCUT2D eigenvalue weighted by Crippen LogP contribution is -1.96. The Kier molecular flexibility index (Phi) is 2.39. The Morgan fingerprint density at radius 1 is 0.900 bits per heavy atom. The summed E-state index contributed by atoms with van der Waals surface area (Å²) < 4.78 is 0. The lowest BCUT2D eigenvalue weighted by atomic mass is 10.2. The number of hydrogen-bond acceptors (Lipinski definition) is 3. The summed E-state index contributed by atoms with van der Waals surface area (Å²) in [6.45, 7) is 0. The molecule has 96 valence electrons. The van der Waals surface area contributed by atoms with Gasteiger partial charge in [0, 0.05) is 17.0 Å². The molecule has 0 saturated heterocycles. The minimum absolute atomic E-state index is 0.817. The molecule has 0 amide bonds. The van der Waals surface area contributed by atoms with E-state index in [0.717, 1.165) is 27.9 Å². The highest BCUT2D eigenvalue weighted by atomic mass is 15.0. The molecule has 2 aromatic heterocycles. The van der Waals surface area contributed by atoms with Crippen molar-refractivity contribution in [2.75, 3.05) is 5.32 Å². The van der Waals surface area contributed by atoms with Crippen LogP contribution in [0.1, 0.15) is 0 Å². The van der Waals surface area contributed by atoms with Crippen LogP contribution in [-0.4, -0.2) is 15.0 Å². The third-order valence-corrected chi connectivity index (χ3v) is 3.38. The zero-order valence-electron chi connectivity index (χ0n) is 10.7. The van der Waals surface area contributed by atoms with E-state index in [9.17, 15) is 0 Å². The van der Waals surface area contributed by atoms with Gasteiger partial charge in [-0.2, -0.15) is 0 Å². The van der Waals surface area contributed by atoms with Crippen LogP contribution >= 0.6 is 0 Å². The van der Waals surface area contributed by atoms with Crippen molar-refractivity contribution in [2.24, 2.45) is 0 Å². The molecule has 4 rings (SSSR count). The average Bonchev–Trinajstić information content (AvgIpc) is 2.97. The maximum Gasteiger partial charge on any atom is 0.141 e. The van der Waals surface area contributed by atoms with Gasteiger partial charge in [-0.25, -0.2) is 9.97 Å². The zero-order valence-corrected chi connectivity index (χ0v) is 10.7. The van der Waals surface area contributed by atoms with Gasteiger partial charge in [0.2, 0.25) is 0 Å². The molecule has 0 aliphatic heterocycles. The van der Waals surface area contributed by atoms with Crippen LogP contribution in [0, 0.1) is 0 Å². The summed E-state index contributed by atoms with van der Waals surface area (Å²) in [6.07, 6.45) is 3.52. The van der Waals surface area contributed by atoms with Crippen LogP contribution in [0.4, 0.5) is 11.5 Å². The molecule has 20 heavy (non-hydrogen) atoms. The summed E-state index contributed by atoms with van der Waals surface area (Å²) in [7, 11) is 0. The van der Waals surface area contributed by atoms with Gasteiger partial charge in [-0.05, 0) is 24.3 Å². The van der Waals surface area contributed by atoms with Gasteiger partial charge in [-0.15, -0.1) is 0 Å². The number of para-hydroxylation sites is 2. The zero-order chi connectivity index (χ0) is 13.4. The largest absolute Gasteiger partial charge is 0.359 e. The number of anilines is 2. The van der Waals surface area contributed by atoms with Crippen molar-refractivity contribution in [1.82, 2.24) is 15.0 Å². The molecule has 2 heterocycles. The topological polar surface area (TPSA) is 53.6 Å². The molecule has 2 aromatic carbocycles. The van der Waals surface area contributed by atoms with Crippen LogP contribution < -0.4 is 5.32 Å². The molecule has 2 N–H and O–H groups in total. The normalized spacial score (nSPS) is 11.0. The fraction of sp³-hybridized carbons (Fsp3) is 0. The smallest absolute Gasteiger partial charge is 0.141 e. The summed E-state index contributed by atoms with van der Waals surface area (Å²) in [5.41, 5.74) is 3.02. The van der Waals surface area contributed by atoms with E-state index in [0.29, 0.717) is 0 Å². The fourth-order valence-corrected chi connectivity index (χ4v) is 2.42. The van der Waals surface area contributed by atoms with E-state index < -0.39 is 0 Å². The molecule has 0 atom stereocenters. The third-order valence-electron chi connectivity index (χ3n) is 3.38. The van der Waals surface area contributed by atoms with Crippen molar-refractivity contribution in [3.8, 4) is 0 Å². The SMILES string of the molecule is c1cc(Nc2ncnc3ccccc23)c2[nH]ccc2c1. The minimum atomic E-state index is 0.817. The first-order chi connectivity index (χ1) is 9.92. The molecule has 0 aliphatic rings. The number of aromatic nitrogens is 3. The lowest BCUT2D eigenvalue weighted by Gasteiger charge is -2.09. The molecule has 0 fully saturated rings. The number of benzene rings is 2. The molecule has 4 heteroatoms. The Morgan fingerprint density at radius 2 is 1.85 bits per heavy atom. The van der Waals surface area contributed by atoms with Gasteiger partial charge < -0.3 is 10.3 Å². The Bertz CT molecular complexity index is 890. The van der Waals surface area contributed by atoms with E-state index in [1.165, 1.54) is 5.39 Å². The van der Waals surface area contributed by atoms with E-state index in [4.69, 9.17) is 0 Å². The lowest BCUT2D eigenvalue weighted by molar-refractivity contribution is 1.22. The predicted octanol–water partition coefficient (Wildman–Crippen LogP) is 3.85. The summed E-state index contributed by atoms with van der Waals surface area (Å²) in [5.74, 6) is 0.817. The van der Waals surface area contributed by atoms with Crippen molar-refractivity contribution < 1.29 is 0 Å². The van der Waals surface area contributed by atoms with Crippen molar-refractivity contribution in [3.05, 3.63) is 61.1 Å². The molecular weight excluding hydrogens is 248 g/mol. The van der Waals surface area contributed by atoms with Crippen LogP contribution in [0.3, 0.4) is 0 Å². The van der Waals surface area contributed by atoms with E-state index in [1.54, 1.807) is 6.33 Å². The van der Waals surface area contributed by atoms with Crippen LogP contribution in [-0.2, 0) is 0 Å². The predicted molar refractivity (Wildman–Crippen MR) is 81.1 cm³/mol. The molecule has 0 radical (unpaired) electrons. The summed E-state index contributed by atoms with van der Waals surface area (Å²) in [4.78, 5) is 11.9. The second-order valence-corrected chi connectivity index (χ2v) is 4.61. The van der Waals surface area contributed by atoms with Gasteiger partial charge in [0.05, 0.1) is 16.7 Å². The van der Waals surface area contributed by atoms with E-state index in [-0.39, 0.29) is 0 Å². The van der Waals surface area contributed by atoms with Crippen molar-refractivity contribution >= 4 is 33.3 Å². The number of rotatable bonds is 2. The van der Waals surface area contributed by atoms with Crippen LogP contribution in [0.15, 0.2) is 61.1 Å². The van der Waals surface area contributed by atoms with Gasteiger partial charge in [-0.3, -0.25) is 0 Å². The summed E-state index contributed by atoms with van der Waals surface area (Å²) >= 11 is 0. The third kappa shape index (κ3) is 1.70. The quantitative estimate of drug-likeness (QED) is 0.575. The highest BCUT2D eigenvalue weighted by molar-refractivity contribution is 5.96. The molecule has 0 spiro atoms. The molecule has 0 bridgehead atoms. The number of fused-ring (bicyclic) bond motifs is 2. The summed E-state index contributed by atoms with van der Waals surface area (Å²) in [6, 6.07) is 16.2. The Morgan fingerprint density at radius 3 is 2.85 bits per heavy atom. The number of nitrogens with one attached hydrogen (secondary N) is 2. The average molecular weight is 260 g/mol. The van der Waals surface area contributed by atoms with Gasteiger partial charge >= 0.3 is 0 Å². The van der Waals surface area contributed by atoms with Crippen molar-refractivity contribution in [3.63, 3.8) is 0 Å². The second-order valence-electron chi connectivity index (χ2n) is 4.61. The molecule has 0 saturated carbocycles. The highest BCUT2D eigenvalue weighted by Crippen LogP contribution is 2.27. The molecule has 4 aromatic rings. The van der Waals surface area contributed by atoms with Gasteiger partial charge in [0.1, 0.15) is 12.1 Å². The standard InChI is InChI=1S/C16H12N4/c1-2-6-13-12(5-1)16(19-10-18-13)20-14-7-3-4-11-8-9-17-15(11)14/h1-10,17H,(H,18,19,20). The number of H-pyrrole nitrogens is 1. The van der Waals surface area contributed by atoms with Gasteiger partial charge in [0.15, 0.2) is 0 Å². The van der Waals surface area contributed by atoms with Crippen molar-refractivity contribution in [1.29, 1.82) is 0 Å². The first-order valence-electron chi connectivity index (χ1n) is 6.45. The van der Waals surface area contributed by atoms with Crippen LogP contribution in [0.25, 0.3) is 21.8 Å². The second kappa shape index (κ2) is 4.35. The molecular formula is C16H12N4.